The first-order chi connectivity index (χ1) is 15.8. The van der Waals surface area contributed by atoms with Gasteiger partial charge in [0.25, 0.3) is 0 Å². The number of hydrogen-bond acceptors (Lipinski definition) is 5. The molecule has 32 heavy (non-hydrogen) atoms. The summed E-state index contributed by atoms with van der Waals surface area (Å²) in [4.78, 5) is 18.9. The fraction of sp³-hybridized carbons (Fsp3) is 0.250. The van der Waals surface area contributed by atoms with E-state index in [1.807, 2.05) is 71.9 Å². The molecule has 4 heterocycles. The van der Waals surface area contributed by atoms with Crippen molar-refractivity contribution in [3.63, 3.8) is 0 Å². The molecule has 1 fully saturated rings. The molecule has 1 aromatic carbocycles. The van der Waals surface area contributed by atoms with Crippen molar-refractivity contribution < 1.29 is 4.79 Å². The zero-order valence-corrected chi connectivity index (χ0v) is 17.7. The van der Waals surface area contributed by atoms with Gasteiger partial charge in [-0.2, -0.15) is 0 Å². The largest absolute Gasteiger partial charge is 0.380 e. The second-order valence-corrected chi connectivity index (χ2v) is 7.93. The maximum atomic E-state index is 12.9. The van der Waals surface area contributed by atoms with Gasteiger partial charge in [0.15, 0.2) is 0 Å². The molecular formula is C24H25N7O. The average molecular weight is 428 g/mol. The fourth-order valence-electron chi connectivity index (χ4n) is 4.13. The highest BCUT2D eigenvalue weighted by atomic mass is 16.2. The summed E-state index contributed by atoms with van der Waals surface area (Å²) in [6, 6.07) is 17.8. The van der Waals surface area contributed by atoms with E-state index in [-0.39, 0.29) is 12.1 Å². The van der Waals surface area contributed by atoms with Gasteiger partial charge in [-0.3, -0.25) is 4.98 Å². The minimum absolute atomic E-state index is 0.0627. The quantitative estimate of drug-likeness (QED) is 0.489. The molecule has 0 aliphatic carbocycles. The van der Waals surface area contributed by atoms with Crippen molar-refractivity contribution >= 4 is 17.2 Å². The standard InChI is InChI=1S/C24H25N7O/c32-24(27-15-18-6-2-1-3-7-18)30-13-5-9-21(30)23-22-11-10-20(17-31(22)29-28-23)26-16-19-8-4-12-25-14-19/h1-4,6-8,10-12,14,17,21,26H,5,9,13,15-16H2,(H,27,32)/t21-/m0/s1. The van der Waals surface area contributed by atoms with E-state index in [9.17, 15) is 4.79 Å². The van der Waals surface area contributed by atoms with Gasteiger partial charge >= 0.3 is 6.03 Å². The van der Waals surface area contributed by atoms with Crippen LogP contribution in [-0.4, -0.2) is 37.3 Å². The number of carbonyl (C=O) groups excluding carboxylic acids is 1. The highest BCUT2D eigenvalue weighted by Gasteiger charge is 2.33. The van der Waals surface area contributed by atoms with Crippen LogP contribution in [0.25, 0.3) is 5.52 Å². The van der Waals surface area contributed by atoms with Crippen molar-refractivity contribution in [2.24, 2.45) is 0 Å². The minimum Gasteiger partial charge on any atom is -0.380 e. The minimum atomic E-state index is -0.0718. The molecule has 3 aromatic heterocycles. The normalized spacial score (nSPS) is 15.8. The second kappa shape index (κ2) is 9.05. The van der Waals surface area contributed by atoms with Gasteiger partial charge in [0.05, 0.1) is 23.4 Å². The molecule has 0 saturated carbocycles. The Morgan fingerprint density at radius 3 is 2.75 bits per heavy atom. The summed E-state index contributed by atoms with van der Waals surface area (Å²) in [5.41, 5.74) is 4.90. The van der Waals surface area contributed by atoms with Crippen LogP contribution in [0.4, 0.5) is 10.5 Å². The molecule has 0 radical (unpaired) electrons. The molecule has 8 nitrogen and oxygen atoms in total. The smallest absolute Gasteiger partial charge is 0.318 e. The summed E-state index contributed by atoms with van der Waals surface area (Å²) in [7, 11) is 0. The number of urea groups is 1. The van der Waals surface area contributed by atoms with Crippen molar-refractivity contribution in [3.8, 4) is 0 Å². The molecule has 1 aliphatic rings. The van der Waals surface area contributed by atoms with E-state index in [1.54, 1.807) is 10.7 Å². The van der Waals surface area contributed by atoms with Crippen LogP contribution in [0.5, 0.6) is 0 Å². The number of anilines is 1. The third-order valence-corrected chi connectivity index (χ3v) is 5.78. The van der Waals surface area contributed by atoms with Crippen LogP contribution in [0.3, 0.4) is 0 Å². The second-order valence-electron chi connectivity index (χ2n) is 7.93. The maximum Gasteiger partial charge on any atom is 0.318 e. The van der Waals surface area contributed by atoms with E-state index in [1.165, 1.54) is 0 Å². The van der Waals surface area contributed by atoms with E-state index >= 15 is 0 Å². The molecule has 2 amide bonds. The Morgan fingerprint density at radius 1 is 1.03 bits per heavy atom. The number of pyridine rings is 2. The third kappa shape index (κ3) is 4.25. The number of aromatic nitrogens is 4. The van der Waals surface area contributed by atoms with Crippen molar-refractivity contribution in [2.75, 3.05) is 11.9 Å². The fourth-order valence-corrected chi connectivity index (χ4v) is 4.13. The van der Waals surface area contributed by atoms with Crippen LogP contribution in [0.15, 0.2) is 73.2 Å². The number of fused-ring (bicyclic) bond motifs is 1. The third-order valence-electron chi connectivity index (χ3n) is 5.78. The van der Waals surface area contributed by atoms with Gasteiger partial charge in [0, 0.05) is 32.0 Å². The SMILES string of the molecule is O=C(NCc1ccccc1)N1CCC[C@H]1c1nnn2cc(NCc3cccnc3)ccc12. The van der Waals surface area contributed by atoms with Crippen LogP contribution in [-0.2, 0) is 13.1 Å². The summed E-state index contributed by atoms with van der Waals surface area (Å²) < 4.78 is 1.78. The predicted octanol–water partition coefficient (Wildman–Crippen LogP) is 3.78. The Labute approximate surface area is 186 Å². The Morgan fingerprint density at radius 2 is 1.91 bits per heavy atom. The zero-order valence-electron chi connectivity index (χ0n) is 17.7. The summed E-state index contributed by atoms with van der Waals surface area (Å²) in [5, 5.41) is 15.2. The number of benzene rings is 1. The molecule has 1 aliphatic heterocycles. The van der Waals surface area contributed by atoms with Crippen molar-refractivity contribution in [1.29, 1.82) is 0 Å². The molecule has 8 heteroatoms. The highest BCUT2D eigenvalue weighted by molar-refractivity contribution is 5.75. The molecule has 2 N–H and O–H groups in total. The van der Waals surface area contributed by atoms with Crippen LogP contribution >= 0.6 is 0 Å². The van der Waals surface area contributed by atoms with Gasteiger partial charge in [-0.1, -0.05) is 41.6 Å². The van der Waals surface area contributed by atoms with Crippen molar-refractivity contribution in [3.05, 3.63) is 90.0 Å². The van der Waals surface area contributed by atoms with E-state index in [0.29, 0.717) is 13.1 Å². The van der Waals surface area contributed by atoms with Gasteiger partial charge in [-0.25, -0.2) is 9.31 Å². The molecule has 0 bridgehead atoms. The lowest BCUT2D eigenvalue weighted by atomic mass is 10.1. The van der Waals surface area contributed by atoms with Gasteiger partial charge in [-0.15, -0.1) is 5.10 Å². The number of rotatable bonds is 6. The van der Waals surface area contributed by atoms with Crippen LogP contribution < -0.4 is 10.6 Å². The summed E-state index contributed by atoms with van der Waals surface area (Å²) >= 11 is 0. The van der Waals surface area contributed by atoms with E-state index in [2.05, 4.69) is 25.9 Å². The number of carbonyl (C=O) groups is 1. The lowest BCUT2D eigenvalue weighted by molar-refractivity contribution is 0.192. The number of nitrogens with zero attached hydrogens (tertiary/aromatic N) is 5. The summed E-state index contributed by atoms with van der Waals surface area (Å²) in [6.07, 6.45) is 7.37. The lowest BCUT2D eigenvalue weighted by Gasteiger charge is -2.23. The first kappa shape index (κ1) is 20.0. The molecule has 162 valence electrons. The predicted molar refractivity (Wildman–Crippen MR) is 122 cm³/mol. The van der Waals surface area contributed by atoms with Crippen molar-refractivity contribution in [1.82, 2.24) is 30.0 Å². The van der Waals surface area contributed by atoms with Gasteiger partial charge in [0.1, 0.15) is 5.69 Å². The van der Waals surface area contributed by atoms with E-state index in [0.717, 1.165) is 47.4 Å². The number of nitrogens with one attached hydrogen (secondary N) is 2. The van der Waals surface area contributed by atoms with Gasteiger partial charge in [0.2, 0.25) is 0 Å². The van der Waals surface area contributed by atoms with Gasteiger partial charge < -0.3 is 15.5 Å². The molecule has 0 unspecified atom stereocenters. The lowest BCUT2D eigenvalue weighted by Crippen LogP contribution is -2.39. The Bertz CT molecular complexity index is 1190. The van der Waals surface area contributed by atoms with Gasteiger partial charge in [-0.05, 0) is 42.2 Å². The zero-order chi connectivity index (χ0) is 21.8. The first-order valence-electron chi connectivity index (χ1n) is 10.8. The highest BCUT2D eigenvalue weighted by Crippen LogP contribution is 2.33. The van der Waals surface area contributed by atoms with Crippen molar-refractivity contribution in [2.45, 2.75) is 32.0 Å². The first-order valence-corrected chi connectivity index (χ1v) is 10.8. The summed E-state index contributed by atoms with van der Waals surface area (Å²) in [5.74, 6) is 0. The number of hydrogen-bond donors (Lipinski definition) is 2. The molecular weight excluding hydrogens is 402 g/mol. The molecule has 1 atom stereocenters. The monoisotopic (exact) mass is 427 g/mol. The van der Waals surface area contributed by atoms with E-state index < -0.39 is 0 Å². The topological polar surface area (TPSA) is 87.5 Å². The maximum absolute atomic E-state index is 12.9. The molecule has 5 rings (SSSR count). The Balaban J connectivity index is 1.28. The number of amides is 2. The molecule has 0 spiro atoms. The Kier molecular flexibility index (Phi) is 5.65. The molecule has 1 saturated heterocycles. The van der Waals surface area contributed by atoms with Crippen LogP contribution in [0, 0.1) is 0 Å². The summed E-state index contributed by atoms with van der Waals surface area (Å²) in [6.45, 7) is 1.91. The molecule has 4 aromatic rings. The Hall–Kier alpha value is -3.94. The average Bonchev–Trinajstić information content (AvgIpc) is 3.49. The van der Waals surface area contributed by atoms with Crippen LogP contribution in [0.1, 0.15) is 35.7 Å². The van der Waals surface area contributed by atoms with Crippen LogP contribution in [0.2, 0.25) is 0 Å². The van der Waals surface area contributed by atoms with E-state index in [4.69, 9.17) is 0 Å². The number of likely N-dealkylation sites (tertiary alicyclic amines) is 1.